The van der Waals surface area contributed by atoms with Crippen LogP contribution in [0.3, 0.4) is 0 Å². The molecule has 0 amide bonds. The van der Waals surface area contributed by atoms with Gasteiger partial charge in [0, 0.05) is 12.6 Å². The first-order chi connectivity index (χ1) is 6.18. The number of ether oxygens (including phenoxy) is 1. The summed E-state index contributed by atoms with van der Waals surface area (Å²) in [6.07, 6.45) is 0. The van der Waals surface area contributed by atoms with Gasteiger partial charge in [-0.1, -0.05) is 12.1 Å². The van der Waals surface area contributed by atoms with E-state index in [2.05, 4.69) is 4.98 Å². The Morgan fingerprint density at radius 2 is 2.23 bits per heavy atom. The Labute approximate surface area is 80.1 Å². The number of pyridine rings is 1. The van der Waals surface area contributed by atoms with Crippen molar-refractivity contribution in [3.05, 3.63) is 18.2 Å². The molecule has 1 aromatic rings. The van der Waals surface area contributed by atoms with Gasteiger partial charge in [-0.15, -0.1) is 0 Å². The molecule has 0 fully saturated rings. The third-order valence-corrected chi connectivity index (χ3v) is 1.53. The summed E-state index contributed by atoms with van der Waals surface area (Å²) in [5.41, 5.74) is 0.488. The third-order valence-electron chi connectivity index (χ3n) is 1.53. The molecule has 0 unspecified atom stereocenters. The van der Waals surface area contributed by atoms with E-state index in [-0.39, 0.29) is 0 Å². The second-order valence-electron chi connectivity index (χ2n) is 3.05. The van der Waals surface area contributed by atoms with E-state index in [1.165, 1.54) is 0 Å². The summed E-state index contributed by atoms with van der Waals surface area (Å²) in [7, 11) is 9.48. The first kappa shape index (κ1) is 10.1. The molecular formula is C9H13BN2O. The molecule has 0 atom stereocenters. The Morgan fingerprint density at radius 3 is 2.85 bits per heavy atom. The van der Waals surface area contributed by atoms with Crippen molar-refractivity contribution in [2.75, 3.05) is 27.2 Å². The Morgan fingerprint density at radius 1 is 1.46 bits per heavy atom. The van der Waals surface area contributed by atoms with E-state index in [1.807, 2.05) is 25.1 Å². The average Bonchev–Trinajstić information content (AvgIpc) is 2.03. The quantitative estimate of drug-likeness (QED) is 0.595. The molecule has 1 heterocycles. The van der Waals surface area contributed by atoms with Crippen LogP contribution in [0.1, 0.15) is 0 Å². The normalized spacial score (nSPS) is 10.4. The van der Waals surface area contributed by atoms with Crippen molar-refractivity contribution in [3.63, 3.8) is 0 Å². The van der Waals surface area contributed by atoms with Crippen molar-refractivity contribution in [2.45, 2.75) is 0 Å². The second kappa shape index (κ2) is 4.87. The monoisotopic (exact) mass is 176 g/mol. The van der Waals surface area contributed by atoms with Crippen LogP contribution in [-0.4, -0.2) is 45.0 Å². The molecule has 0 N–H and O–H groups in total. The molecule has 13 heavy (non-hydrogen) atoms. The minimum atomic E-state index is 0.488. The van der Waals surface area contributed by atoms with Gasteiger partial charge < -0.3 is 9.64 Å². The fraction of sp³-hybridized carbons (Fsp3) is 0.444. The van der Waals surface area contributed by atoms with Crippen LogP contribution in [0.15, 0.2) is 18.2 Å². The van der Waals surface area contributed by atoms with E-state index < -0.39 is 0 Å². The summed E-state index contributed by atoms with van der Waals surface area (Å²) in [5, 5.41) is 0. The lowest BCUT2D eigenvalue weighted by Gasteiger charge is -2.10. The van der Waals surface area contributed by atoms with Crippen LogP contribution in [0.25, 0.3) is 0 Å². The standard InChI is InChI=1S/C9H13BN2O/c1-12(2)6-7-13-9-5-3-4-8(10)11-9/h3-5H,6-7H2,1-2H3. The van der Waals surface area contributed by atoms with Crippen LogP contribution >= 0.6 is 0 Å². The highest BCUT2D eigenvalue weighted by molar-refractivity contribution is 6.30. The van der Waals surface area contributed by atoms with E-state index in [0.717, 1.165) is 6.54 Å². The predicted molar refractivity (Wildman–Crippen MR) is 53.7 cm³/mol. The molecule has 68 valence electrons. The summed E-state index contributed by atoms with van der Waals surface area (Å²) >= 11 is 0. The SMILES string of the molecule is [B]c1cccc(OCCN(C)C)n1. The van der Waals surface area contributed by atoms with E-state index in [0.29, 0.717) is 18.1 Å². The first-order valence-electron chi connectivity index (χ1n) is 4.18. The van der Waals surface area contributed by atoms with Gasteiger partial charge in [0.1, 0.15) is 14.5 Å². The zero-order valence-electron chi connectivity index (χ0n) is 8.03. The highest BCUT2D eigenvalue weighted by Gasteiger charge is 1.95. The van der Waals surface area contributed by atoms with Crippen molar-refractivity contribution in [3.8, 4) is 5.88 Å². The van der Waals surface area contributed by atoms with E-state index in [9.17, 15) is 0 Å². The van der Waals surface area contributed by atoms with Gasteiger partial charge in [-0.2, -0.15) is 0 Å². The van der Waals surface area contributed by atoms with Crippen LogP contribution in [-0.2, 0) is 0 Å². The molecule has 0 aliphatic heterocycles. The molecule has 0 aliphatic carbocycles. The molecule has 0 saturated carbocycles. The lowest BCUT2D eigenvalue weighted by atomic mass is 10.0. The predicted octanol–water partition coefficient (Wildman–Crippen LogP) is -0.184. The smallest absolute Gasteiger partial charge is 0.212 e. The molecular weight excluding hydrogens is 163 g/mol. The highest BCUT2D eigenvalue weighted by Crippen LogP contribution is 2.00. The van der Waals surface area contributed by atoms with Crippen molar-refractivity contribution in [1.82, 2.24) is 9.88 Å². The largest absolute Gasteiger partial charge is 0.476 e. The number of rotatable bonds is 4. The maximum atomic E-state index is 5.49. The van der Waals surface area contributed by atoms with Gasteiger partial charge in [-0.3, -0.25) is 0 Å². The Hall–Kier alpha value is -1.03. The van der Waals surface area contributed by atoms with E-state index in [4.69, 9.17) is 12.6 Å². The van der Waals surface area contributed by atoms with Crippen molar-refractivity contribution in [1.29, 1.82) is 0 Å². The van der Waals surface area contributed by atoms with Crippen molar-refractivity contribution >= 4 is 13.4 Å². The van der Waals surface area contributed by atoms with Crippen LogP contribution in [0.5, 0.6) is 5.88 Å². The molecule has 1 rings (SSSR count). The second-order valence-corrected chi connectivity index (χ2v) is 3.05. The van der Waals surface area contributed by atoms with Crippen LogP contribution in [0.4, 0.5) is 0 Å². The summed E-state index contributed by atoms with van der Waals surface area (Å²) in [5.74, 6) is 0.585. The maximum Gasteiger partial charge on any atom is 0.212 e. The molecule has 4 heteroatoms. The van der Waals surface area contributed by atoms with Gasteiger partial charge >= 0.3 is 0 Å². The van der Waals surface area contributed by atoms with Gasteiger partial charge in [0.15, 0.2) is 0 Å². The fourth-order valence-electron chi connectivity index (χ4n) is 0.844. The number of hydrogen-bond donors (Lipinski definition) is 0. The highest BCUT2D eigenvalue weighted by atomic mass is 16.5. The summed E-state index contributed by atoms with van der Waals surface area (Å²) in [6, 6.07) is 5.36. The number of hydrogen-bond acceptors (Lipinski definition) is 3. The average molecular weight is 176 g/mol. The molecule has 0 aliphatic rings. The van der Waals surface area contributed by atoms with Crippen LogP contribution in [0, 0.1) is 0 Å². The van der Waals surface area contributed by atoms with Gasteiger partial charge in [0.25, 0.3) is 0 Å². The molecule has 0 bridgehead atoms. The Kier molecular flexibility index (Phi) is 3.77. The summed E-state index contributed by atoms with van der Waals surface area (Å²) in [4.78, 5) is 6.05. The fourth-order valence-corrected chi connectivity index (χ4v) is 0.844. The molecule has 0 spiro atoms. The number of likely N-dealkylation sites (N-methyl/N-ethyl adjacent to an activating group) is 1. The molecule has 0 saturated heterocycles. The first-order valence-corrected chi connectivity index (χ1v) is 4.18. The van der Waals surface area contributed by atoms with Gasteiger partial charge in [0.05, 0.1) is 0 Å². The minimum absolute atomic E-state index is 0.488. The van der Waals surface area contributed by atoms with E-state index in [1.54, 1.807) is 12.1 Å². The number of nitrogens with zero attached hydrogens (tertiary/aromatic N) is 2. The van der Waals surface area contributed by atoms with Gasteiger partial charge in [-0.25, -0.2) is 4.98 Å². The molecule has 3 nitrogen and oxygen atoms in total. The summed E-state index contributed by atoms with van der Waals surface area (Å²) in [6.45, 7) is 1.50. The van der Waals surface area contributed by atoms with Gasteiger partial charge in [-0.05, 0) is 19.7 Å². The van der Waals surface area contributed by atoms with Gasteiger partial charge in [0.2, 0.25) is 5.88 Å². The minimum Gasteiger partial charge on any atom is -0.476 e. The van der Waals surface area contributed by atoms with Crippen molar-refractivity contribution < 1.29 is 4.74 Å². The third kappa shape index (κ3) is 3.94. The zero-order valence-corrected chi connectivity index (χ0v) is 8.03. The van der Waals surface area contributed by atoms with E-state index >= 15 is 0 Å². The van der Waals surface area contributed by atoms with Crippen LogP contribution in [0.2, 0.25) is 0 Å². The Balaban J connectivity index is 2.37. The molecule has 0 aromatic carbocycles. The topological polar surface area (TPSA) is 25.4 Å². The van der Waals surface area contributed by atoms with Crippen LogP contribution < -0.4 is 10.3 Å². The Bertz CT molecular complexity index is 266. The molecule has 1 aromatic heterocycles. The van der Waals surface area contributed by atoms with Crippen molar-refractivity contribution in [2.24, 2.45) is 0 Å². The molecule has 2 radical (unpaired) electrons. The lowest BCUT2D eigenvalue weighted by molar-refractivity contribution is 0.254. The zero-order chi connectivity index (χ0) is 9.68. The maximum absolute atomic E-state index is 5.49. The summed E-state index contributed by atoms with van der Waals surface area (Å²) < 4.78 is 5.36. The number of aromatic nitrogens is 1. The lowest BCUT2D eigenvalue weighted by Crippen LogP contribution is -2.20.